The molecule has 192 valence electrons. The van der Waals surface area contributed by atoms with Crippen molar-refractivity contribution in [2.24, 2.45) is 0 Å². The minimum atomic E-state index is 0.285. The van der Waals surface area contributed by atoms with Crippen LogP contribution in [0.15, 0.2) is 42.6 Å². The molecule has 0 bridgehead atoms. The van der Waals surface area contributed by atoms with Gasteiger partial charge in [-0.05, 0) is 49.2 Å². The fourth-order valence-electron chi connectivity index (χ4n) is 4.09. The second-order valence-corrected chi connectivity index (χ2v) is 8.45. The van der Waals surface area contributed by atoms with Gasteiger partial charge in [0.2, 0.25) is 5.95 Å². The third kappa shape index (κ3) is 6.14. The second-order valence-electron chi connectivity index (χ2n) is 8.45. The summed E-state index contributed by atoms with van der Waals surface area (Å²) in [5.41, 5.74) is 3.28. The number of methoxy groups -OCH3 is 2. The Labute approximate surface area is 211 Å². The lowest BCUT2D eigenvalue weighted by Gasteiger charge is -2.26. The predicted octanol–water partition coefficient (Wildman–Crippen LogP) is 4.09. The summed E-state index contributed by atoms with van der Waals surface area (Å²) >= 11 is 0. The fourth-order valence-corrected chi connectivity index (χ4v) is 4.09. The minimum absolute atomic E-state index is 0.285. The standard InChI is InChI=1S/C26H33N5O5/c1-18-15-20(16-19(2)25(18)36-14-11-30-9-12-35-13-10-30)28-26-27-8-7-24(29-26)31(32)22-6-5-21(33-3)17-23(22)34-4/h5-8,15-17,32H,9-14H2,1-4H3,(H,27,28,29). The van der Waals surface area contributed by atoms with Crippen LogP contribution in [-0.4, -0.2) is 73.7 Å². The molecule has 1 fully saturated rings. The molecule has 36 heavy (non-hydrogen) atoms. The quantitative estimate of drug-likeness (QED) is 0.400. The highest BCUT2D eigenvalue weighted by molar-refractivity contribution is 5.67. The Balaban J connectivity index is 1.44. The number of anilines is 4. The van der Waals surface area contributed by atoms with Gasteiger partial charge in [0.15, 0.2) is 5.82 Å². The van der Waals surface area contributed by atoms with Gasteiger partial charge in [0.05, 0.1) is 27.4 Å². The molecule has 0 amide bonds. The first-order valence-corrected chi connectivity index (χ1v) is 11.8. The van der Waals surface area contributed by atoms with Crippen molar-refractivity contribution in [1.29, 1.82) is 0 Å². The highest BCUT2D eigenvalue weighted by Gasteiger charge is 2.16. The van der Waals surface area contributed by atoms with Crippen molar-refractivity contribution in [2.75, 3.05) is 64.1 Å². The van der Waals surface area contributed by atoms with Crippen LogP contribution in [0.4, 0.5) is 23.1 Å². The van der Waals surface area contributed by atoms with E-state index in [1.807, 2.05) is 26.0 Å². The minimum Gasteiger partial charge on any atom is -0.497 e. The molecule has 0 spiro atoms. The lowest BCUT2D eigenvalue weighted by Crippen LogP contribution is -2.38. The van der Waals surface area contributed by atoms with Crippen LogP contribution in [0, 0.1) is 13.8 Å². The van der Waals surface area contributed by atoms with E-state index in [2.05, 4.69) is 20.2 Å². The maximum Gasteiger partial charge on any atom is 0.229 e. The molecule has 2 aromatic carbocycles. The van der Waals surface area contributed by atoms with Gasteiger partial charge in [0, 0.05) is 43.7 Å². The van der Waals surface area contributed by atoms with Crippen molar-refractivity contribution in [1.82, 2.24) is 14.9 Å². The summed E-state index contributed by atoms with van der Waals surface area (Å²) in [6.07, 6.45) is 1.58. The molecule has 0 aliphatic carbocycles. The number of morpholine rings is 1. The monoisotopic (exact) mass is 495 g/mol. The van der Waals surface area contributed by atoms with E-state index >= 15 is 0 Å². The Hall–Kier alpha value is -3.60. The number of aromatic nitrogens is 2. The Kier molecular flexibility index (Phi) is 8.42. The molecule has 4 rings (SSSR count). The van der Waals surface area contributed by atoms with Gasteiger partial charge in [-0.1, -0.05) is 0 Å². The summed E-state index contributed by atoms with van der Waals surface area (Å²) < 4.78 is 22.1. The molecule has 10 heteroatoms. The lowest BCUT2D eigenvalue weighted by molar-refractivity contribution is 0.0322. The largest absolute Gasteiger partial charge is 0.497 e. The SMILES string of the molecule is COc1ccc(N(O)c2ccnc(Nc3cc(C)c(OCCN4CCOCC4)c(C)c3)n2)c(OC)c1. The second kappa shape index (κ2) is 11.9. The van der Waals surface area contributed by atoms with E-state index in [1.165, 1.54) is 7.11 Å². The number of ether oxygens (including phenoxy) is 4. The average Bonchev–Trinajstić information content (AvgIpc) is 2.90. The van der Waals surface area contributed by atoms with Gasteiger partial charge < -0.3 is 24.3 Å². The molecule has 1 aliphatic rings. The van der Waals surface area contributed by atoms with Gasteiger partial charge in [-0.15, -0.1) is 0 Å². The normalized spacial score (nSPS) is 13.8. The third-order valence-electron chi connectivity index (χ3n) is 5.95. The number of aryl methyl sites for hydroxylation is 2. The van der Waals surface area contributed by atoms with Crippen LogP contribution in [0.3, 0.4) is 0 Å². The number of rotatable bonds is 10. The predicted molar refractivity (Wildman–Crippen MR) is 137 cm³/mol. The first kappa shape index (κ1) is 25.5. The molecule has 0 unspecified atom stereocenters. The van der Waals surface area contributed by atoms with E-state index in [0.717, 1.165) is 60.5 Å². The van der Waals surface area contributed by atoms with Crippen LogP contribution in [0.25, 0.3) is 0 Å². The smallest absolute Gasteiger partial charge is 0.229 e. The third-order valence-corrected chi connectivity index (χ3v) is 5.95. The molecule has 1 aromatic heterocycles. The molecule has 0 radical (unpaired) electrons. The molecule has 3 aromatic rings. The summed E-state index contributed by atoms with van der Waals surface area (Å²) in [7, 11) is 3.10. The van der Waals surface area contributed by atoms with Crippen LogP contribution >= 0.6 is 0 Å². The number of benzene rings is 2. The first-order chi connectivity index (χ1) is 17.5. The maximum atomic E-state index is 10.8. The van der Waals surface area contributed by atoms with Crippen molar-refractivity contribution in [3.63, 3.8) is 0 Å². The van der Waals surface area contributed by atoms with E-state index in [9.17, 15) is 5.21 Å². The van der Waals surface area contributed by atoms with Crippen LogP contribution in [0.5, 0.6) is 17.2 Å². The Morgan fingerprint density at radius 2 is 1.81 bits per heavy atom. The van der Waals surface area contributed by atoms with Crippen LogP contribution < -0.4 is 24.6 Å². The topological polar surface area (TPSA) is 101 Å². The highest BCUT2D eigenvalue weighted by atomic mass is 16.5. The van der Waals surface area contributed by atoms with Crippen molar-refractivity contribution < 1.29 is 24.2 Å². The van der Waals surface area contributed by atoms with E-state index in [0.29, 0.717) is 29.7 Å². The van der Waals surface area contributed by atoms with E-state index < -0.39 is 0 Å². The number of nitrogens with one attached hydrogen (secondary N) is 1. The van der Waals surface area contributed by atoms with Gasteiger partial charge >= 0.3 is 0 Å². The van der Waals surface area contributed by atoms with Gasteiger partial charge in [0.25, 0.3) is 0 Å². The van der Waals surface area contributed by atoms with Gasteiger partial charge in [-0.2, -0.15) is 4.98 Å². The summed E-state index contributed by atoms with van der Waals surface area (Å²) in [4.78, 5) is 11.1. The van der Waals surface area contributed by atoms with Crippen LogP contribution in [0.1, 0.15) is 11.1 Å². The van der Waals surface area contributed by atoms with E-state index in [4.69, 9.17) is 18.9 Å². The number of hydrogen-bond donors (Lipinski definition) is 2. The highest BCUT2D eigenvalue weighted by Crippen LogP contribution is 2.35. The molecule has 2 N–H and O–H groups in total. The first-order valence-electron chi connectivity index (χ1n) is 11.8. The zero-order valence-electron chi connectivity index (χ0n) is 21.2. The van der Waals surface area contributed by atoms with Crippen molar-refractivity contribution >= 4 is 23.1 Å². The fraction of sp³-hybridized carbons (Fsp3) is 0.385. The van der Waals surface area contributed by atoms with Crippen molar-refractivity contribution in [3.05, 3.63) is 53.7 Å². The van der Waals surface area contributed by atoms with E-state index in [-0.39, 0.29) is 5.82 Å². The number of hydrogen-bond acceptors (Lipinski definition) is 10. The Morgan fingerprint density at radius 3 is 2.50 bits per heavy atom. The summed E-state index contributed by atoms with van der Waals surface area (Å²) in [5.74, 6) is 2.58. The molecule has 2 heterocycles. The van der Waals surface area contributed by atoms with Crippen LogP contribution in [-0.2, 0) is 4.74 Å². The molecule has 0 atom stereocenters. The van der Waals surface area contributed by atoms with Crippen molar-refractivity contribution in [2.45, 2.75) is 13.8 Å². The molecular weight excluding hydrogens is 462 g/mol. The summed E-state index contributed by atoms with van der Waals surface area (Å²) in [6, 6.07) is 10.7. The zero-order chi connectivity index (χ0) is 25.5. The molecule has 1 aliphatic heterocycles. The zero-order valence-corrected chi connectivity index (χ0v) is 21.2. The Bertz CT molecular complexity index is 1150. The molecule has 10 nitrogen and oxygen atoms in total. The van der Waals surface area contributed by atoms with Gasteiger partial charge in [-0.25, -0.2) is 10.0 Å². The maximum absolute atomic E-state index is 10.8. The molecule has 1 saturated heterocycles. The lowest BCUT2D eigenvalue weighted by atomic mass is 10.1. The summed E-state index contributed by atoms with van der Waals surface area (Å²) in [5, 5.41) is 15.0. The summed E-state index contributed by atoms with van der Waals surface area (Å²) in [6.45, 7) is 8.99. The average molecular weight is 496 g/mol. The van der Waals surface area contributed by atoms with E-state index in [1.54, 1.807) is 37.6 Å². The van der Waals surface area contributed by atoms with Gasteiger partial charge in [-0.3, -0.25) is 10.1 Å². The number of nitrogens with zero attached hydrogens (tertiary/aromatic N) is 4. The molecular formula is C26H33N5O5. The molecule has 0 saturated carbocycles. The van der Waals surface area contributed by atoms with Gasteiger partial charge in [0.1, 0.15) is 29.5 Å². The van der Waals surface area contributed by atoms with Crippen molar-refractivity contribution in [3.8, 4) is 17.2 Å². The van der Waals surface area contributed by atoms with Crippen LogP contribution in [0.2, 0.25) is 0 Å². The Morgan fingerprint density at radius 1 is 1.06 bits per heavy atom.